The number of benzene rings is 2. The summed E-state index contributed by atoms with van der Waals surface area (Å²) >= 11 is 1.67. The number of guanidine groups is 1. The van der Waals surface area contributed by atoms with Crippen molar-refractivity contribution in [1.82, 2.24) is 9.55 Å². The minimum Gasteiger partial charge on any atom is -0.495 e. The number of nitrogens with zero attached hydrogens (tertiary/aromatic N) is 3. The Morgan fingerprint density at radius 1 is 1.17 bits per heavy atom. The standard InChI is InChI=1S/C21H21N5O2S/c1-13-12-18(27)26-19(14-8-10-15(29-3)11-9-14)24-20(25-21(26)22-13)23-16-6-4-5-7-17(16)28-2/h4-12,19H,1-3H3,(H2,22,23,24,25)/t19-/m0/s1. The van der Waals surface area contributed by atoms with Crippen LogP contribution in [-0.2, 0) is 0 Å². The van der Waals surface area contributed by atoms with Crippen LogP contribution in [0.3, 0.4) is 0 Å². The fraction of sp³-hybridized carbons (Fsp3) is 0.190. The van der Waals surface area contributed by atoms with Crippen LogP contribution in [0.1, 0.15) is 17.4 Å². The van der Waals surface area contributed by atoms with E-state index in [0.29, 0.717) is 23.4 Å². The van der Waals surface area contributed by atoms with Crippen molar-refractivity contribution in [3.8, 4) is 5.75 Å². The van der Waals surface area contributed by atoms with Crippen LogP contribution in [0.4, 0.5) is 11.6 Å². The number of hydrogen-bond donors (Lipinski definition) is 2. The first-order valence-electron chi connectivity index (χ1n) is 9.08. The molecule has 1 atom stereocenters. The molecule has 2 aromatic carbocycles. The quantitative estimate of drug-likeness (QED) is 0.642. The van der Waals surface area contributed by atoms with Crippen LogP contribution in [0.5, 0.6) is 5.75 Å². The Balaban J connectivity index is 1.79. The zero-order valence-electron chi connectivity index (χ0n) is 16.3. The Labute approximate surface area is 172 Å². The molecule has 0 bridgehead atoms. The van der Waals surface area contributed by atoms with E-state index in [9.17, 15) is 4.79 Å². The Morgan fingerprint density at radius 3 is 2.66 bits per heavy atom. The maximum absolute atomic E-state index is 12.7. The van der Waals surface area contributed by atoms with Crippen molar-refractivity contribution >= 4 is 29.4 Å². The summed E-state index contributed by atoms with van der Waals surface area (Å²) in [7, 11) is 1.62. The van der Waals surface area contributed by atoms with Crippen LogP contribution in [-0.4, -0.2) is 28.9 Å². The van der Waals surface area contributed by atoms with Gasteiger partial charge in [-0.1, -0.05) is 24.3 Å². The Bertz CT molecular complexity index is 1120. The van der Waals surface area contributed by atoms with Crippen molar-refractivity contribution in [3.05, 3.63) is 76.2 Å². The van der Waals surface area contributed by atoms with Gasteiger partial charge in [-0.05, 0) is 43.0 Å². The van der Waals surface area contributed by atoms with Gasteiger partial charge in [0.2, 0.25) is 11.9 Å². The van der Waals surface area contributed by atoms with Gasteiger partial charge < -0.3 is 10.1 Å². The predicted molar refractivity (Wildman–Crippen MR) is 117 cm³/mol. The number of aliphatic imine (C=N–C) groups is 1. The summed E-state index contributed by atoms with van der Waals surface area (Å²) in [5, 5.41) is 6.39. The van der Waals surface area contributed by atoms with Crippen LogP contribution in [0, 0.1) is 6.92 Å². The molecule has 3 aromatic rings. The van der Waals surface area contributed by atoms with Crippen LogP contribution < -0.4 is 20.9 Å². The van der Waals surface area contributed by atoms with E-state index in [4.69, 9.17) is 9.73 Å². The number of thioether (sulfide) groups is 1. The van der Waals surface area contributed by atoms with Crippen molar-refractivity contribution in [2.45, 2.75) is 18.0 Å². The van der Waals surface area contributed by atoms with Gasteiger partial charge in [0.15, 0.2) is 6.17 Å². The number of aromatic nitrogens is 2. The molecule has 29 heavy (non-hydrogen) atoms. The lowest BCUT2D eigenvalue weighted by molar-refractivity contribution is 0.417. The molecule has 0 radical (unpaired) electrons. The van der Waals surface area contributed by atoms with Crippen molar-refractivity contribution in [2.75, 3.05) is 24.0 Å². The second-order valence-corrected chi connectivity index (χ2v) is 7.38. The van der Waals surface area contributed by atoms with Gasteiger partial charge >= 0.3 is 0 Å². The van der Waals surface area contributed by atoms with Crippen LogP contribution in [0.2, 0.25) is 0 Å². The lowest BCUT2D eigenvalue weighted by Gasteiger charge is -2.27. The van der Waals surface area contributed by atoms with E-state index >= 15 is 0 Å². The molecule has 4 rings (SSSR count). The number of para-hydroxylation sites is 2. The number of fused-ring (bicyclic) bond motifs is 1. The first-order valence-corrected chi connectivity index (χ1v) is 10.3. The fourth-order valence-corrected chi connectivity index (χ4v) is 3.60. The van der Waals surface area contributed by atoms with Crippen molar-refractivity contribution < 1.29 is 4.74 Å². The molecule has 148 valence electrons. The molecule has 0 saturated carbocycles. The molecule has 1 aliphatic heterocycles. The zero-order chi connectivity index (χ0) is 20.4. The molecule has 0 saturated heterocycles. The molecule has 0 aliphatic carbocycles. The van der Waals surface area contributed by atoms with Gasteiger partial charge in [0.05, 0.1) is 12.8 Å². The SMILES string of the molecule is COc1ccccc1NC1=N[C@H](c2ccc(SC)cc2)n2c(nc(C)cc2=O)N1. The molecule has 2 heterocycles. The predicted octanol–water partition coefficient (Wildman–Crippen LogP) is 3.72. The number of nitrogens with one attached hydrogen (secondary N) is 2. The fourth-order valence-electron chi connectivity index (χ4n) is 3.19. The highest BCUT2D eigenvalue weighted by molar-refractivity contribution is 7.98. The first-order chi connectivity index (χ1) is 14.1. The average molecular weight is 407 g/mol. The number of rotatable bonds is 4. The normalized spacial score (nSPS) is 15.1. The largest absolute Gasteiger partial charge is 0.495 e. The summed E-state index contributed by atoms with van der Waals surface area (Å²) in [4.78, 5) is 23.2. The average Bonchev–Trinajstić information content (AvgIpc) is 2.73. The Hall–Kier alpha value is -3.26. The monoisotopic (exact) mass is 407 g/mol. The van der Waals surface area contributed by atoms with Gasteiger partial charge in [0, 0.05) is 16.7 Å². The zero-order valence-corrected chi connectivity index (χ0v) is 17.2. The molecular formula is C21H21N5O2S. The van der Waals surface area contributed by atoms with Crippen LogP contribution >= 0.6 is 11.8 Å². The van der Waals surface area contributed by atoms with Gasteiger partial charge in [-0.3, -0.25) is 14.7 Å². The molecule has 1 aromatic heterocycles. The number of hydrogen-bond acceptors (Lipinski definition) is 7. The van der Waals surface area contributed by atoms with Crippen molar-refractivity contribution in [3.63, 3.8) is 0 Å². The van der Waals surface area contributed by atoms with E-state index in [2.05, 4.69) is 15.6 Å². The van der Waals surface area contributed by atoms with Gasteiger partial charge in [0.25, 0.3) is 5.56 Å². The maximum atomic E-state index is 12.7. The minimum absolute atomic E-state index is 0.154. The number of methoxy groups -OCH3 is 1. The molecule has 0 spiro atoms. The Kier molecular flexibility index (Phi) is 5.26. The first kappa shape index (κ1) is 19.1. The van der Waals surface area contributed by atoms with Crippen molar-refractivity contribution in [2.24, 2.45) is 4.99 Å². The number of ether oxygens (including phenoxy) is 1. The van der Waals surface area contributed by atoms with E-state index in [-0.39, 0.29) is 5.56 Å². The molecule has 7 nitrogen and oxygen atoms in total. The molecule has 1 aliphatic rings. The van der Waals surface area contributed by atoms with Crippen molar-refractivity contribution in [1.29, 1.82) is 0 Å². The van der Waals surface area contributed by atoms with Crippen LogP contribution in [0.25, 0.3) is 0 Å². The third-order valence-corrected chi connectivity index (χ3v) is 5.32. The molecule has 0 amide bonds. The molecule has 0 fully saturated rings. The second kappa shape index (κ2) is 8.00. The summed E-state index contributed by atoms with van der Waals surface area (Å²) in [6.45, 7) is 1.80. The van der Waals surface area contributed by atoms with E-state index in [1.807, 2.05) is 54.8 Å². The molecule has 8 heteroatoms. The summed E-state index contributed by atoms with van der Waals surface area (Å²) < 4.78 is 6.98. The van der Waals surface area contributed by atoms with E-state index in [1.54, 1.807) is 30.4 Å². The Morgan fingerprint density at radius 2 is 1.93 bits per heavy atom. The molecule has 0 unspecified atom stereocenters. The van der Waals surface area contributed by atoms with E-state index < -0.39 is 6.17 Å². The lowest BCUT2D eigenvalue weighted by atomic mass is 10.1. The third kappa shape index (κ3) is 3.84. The number of anilines is 2. The topological polar surface area (TPSA) is 80.5 Å². The summed E-state index contributed by atoms with van der Waals surface area (Å²) in [6, 6.07) is 17.1. The smallest absolute Gasteiger partial charge is 0.257 e. The molecule has 2 N–H and O–H groups in total. The van der Waals surface area contributed by atoms with Gasteiger partial charge in [-0.25, -0.2) is 9.98 Å². The highest BCUT2D eigenvalue weighted by atomic mass is 32.2. The van der Waals surface area contributed by atoms with E-state index in [0.717, 1.165) is 16.1 Å². The number of aryl methyl sites for hydroxylation is 1. The third-order valence-electron chi connectivity index (χ3n) is 4.58. The van der Waals surface area contributed by atoms with Gasteiger partial charge in [-0.15, -0.1) is 11.8 Å². The minimum atomic E-state index is -0.528. The highest BCUT2D eigenvalue weighted by Crippen LogP contribution is 2.29. The molecular weight excluding hydrogens is 386 g/mol. The summed E-state index contributed by atoms with van der Waals surface area (Å²) in [5.41, 5.74) is 2.15. The maximum Gasteiger partial charge on any atom is 0.257 e. The summed E-state index contributed by atoms with van der Waals surface area (Å²) in [6.07, 6.45) is 1.50. The van der Waals surface area contributed by atoms with Crippen LogP contribution in [0.15, 0.2) is 69.3 Å². The van der Waals surface area contributed by atoms with Gasteiger partial charge in [-0.2, -0.15) is 0 Å². The van der Waals surface area contributed by atoms with Gasteiger partial charge in [0.1, 0.15) is 5.75 Å². The lowest BCUT2D eigenvalue weighted by Crippen LogP contribution is -2.37. The highest BCUT2D eigenvalue weighted by Gasteiger charge is 2.25. The van der Waals surface area contributed by atoms with E-state index in [1.165, 1.54) is 6.07 Å². The summed E-state index contributed by atoms with van der Waals surface area (Å²) in [5.74, 6) is 1.63. The second-order valence-electron chi connectivity index (χ2n) is 6.50.